The molecule has 1 amide bonds. The van der Waals surface area contributed by atoms with Crippen LogP contribution < -0.4 is 10.1 Å². The summed E-state index contributed by atoms with van der Waals surface area (Å²) in [5.41, 5.74) is 1.41. The number of nitrogens with zero attached hydrogens (tertiary/aromatic N) is 1. The molecule has 1 fully saturated rings. The molecule has 146 valence electrons. The Labute approximate surface area is 171 Å². The largest absolute Gasteiger partial charge is 0.493 e. The number of furan rings is 1. The van der Waals surface area contributed by atoms with E-state index in [4.69, 9.17) is 9.15 Å². The van der Waals surface area contributed by atoms with Gasteiger partial charge in [0.2, 0.25) is 0 Å². The summed E-state index contributed by atoms with van der Waals surface area (Å²) in [6.07, 6.45) is 1.67. The first-order valence-corrected chi connectivity index (χ1v) is 9.81. The van der Waals surface area contributed by atoms with Crippen molar-refractivity contribution in [2.24, 2.45) is 4.99 Å². The fourth-order valence-electron chi connectivity index (χ4n) is 2.77. The lowest BCUT2D eigenvalue weighted by molar-refractivity contribution is -0.115. The van der Waals surface area contributed by atoms with Gasteiger partial charge in [-0.3, -0.25) is 4.79 Å². The highest BCUT2D eigenvalue weighted by Gasteiger charge is 2.24. The van der Waals surface area contributed by atoms with E-state index in [2.05, 4.69) is 10.3 Å². The number of rotatable bonds is 5. The third-order valence-electron chi connectivity index (χ3n) is 4.06. The summed E-state index contributed by atoms with van der Waals surface area (Å²) in [6, 6.07) is 17.0. The number of hydrogen-bond acceptors (Lipinski definition) is 5. The Morgan fingerprint density at radius 2 is 1.93 bits per heavy atom. The van der Waals surface area contributed by atoms with Crippen molar-refractivity contribution in [1.29, 1.82) is 0 Å². The van der Waals surface area contributed by atoms with Crippen molar-refractivity contribution in [3.63, 3.8) is 0 Å². The van der Waals surface area contributed by atoms with Gasteiger partial charge in [0.25, 0.3) is 5.91 Å². The van der Waals surface area contributed by atoms with Gasteiger partial charge in [-0.15, -0.1) is 0 Å². The molecule has 29 heavy (non-hydrogen) atoms. The van der Waals surface area contributed by atoms with Crippen LogP contribution in [0.3, 0.4) is 0 Å². The molecule has 1 aromatic heterocycles. The first-order valence-electron chi connectivity index (χ1n) is 8.99. The summed E-state index contributed by atoms with van der Waals surface area (Å²) >= 11 is 1.20. The number of amides is 1. The van der Waals surface area contributed by atoms with Crippen LogP contribution in [0.4, 0.5) is 10.1 Å². The SMILES string of the molecule is CCOc1ccccc1-c1ccc(/C=C2\SC(=Nc3ccc(F)cc3)NC2=O)o1. The number of carbonyl (C=O) groups excluding carboxylic acids is 1. The lowest BCUT2D eigenvalue weighted by Crippen LogP contribution is -2.19. The predicted molar refractivity (Wildman–Crippen MR) is 113 cm³/mol. The van der Waals surface area contributed by atoms with Crippen molar-refractivity contribution in [3.05, 3.63) is 77.1 Å². The molecular weight excluding hydrogens is 391 g/mol. The number of amidine groups is 1. The molecule has 0 spiro atoms. The molecule has 1 aliphatic heterocycles. The van der Waals surface area contributed by atoms with Gasteiger partial charge in [-0.05, 0) is 67.2 Å². The van der Waals surface area contributed by atoms with E-state index in [1.807, 2.05) is 37.3 Å². The fourth-order valence-corrected chi connectivity index (χ4v) is 3.59. The maximum atomic E-state index is 13.0. The molecule has 7 heteroatoms. The molecule has 0 bridgehead atoms. The van der Waals surface area contributed by atoms with E-state index in [-0.39, 0.29) is 11.7 Å². The zero-order valence-electron chi connectivity index (χ0n) is 15.5. The third-order valence-corrected chi connectivity index (χ3v) is 4.97. The van der Waals surface area contributed by atoms with Crippen LogP contribution in [0.5, 0.6) is 5.75 Å². The van der Waals surface area contributed by atoms with Gasteiger partial charge in [-0.2, -0.15) is 0 Å². The maximum absolute atomic E-state index is 13.0. The lowest BCUT2D eigenvalue weighted by Gasteiger charge is -2.07. The molecule has 1 saturated heterocycles. The summed E-state index contributed by atoms with van der Waals surface area (Å²) in [4.78, 5) is 17.0. The van der Waals surface area contributed by atoms with Crippen LogP contribution in [0, 0.1) is 5.82 Å². The summed E-state index contributed by atoms with van der Waals surface area (Å²) in [7, 11) is 0. The Morgan fingerprint density at radius 3 is 2.72 bits per heavy atom. The van der Waals surface area contributed by atoms with Gasteiger partial charge in [-0.25, -0.2) is 9.38 Å². The number of thioether (sulfide) groups is 1. The zero-order valence-corrected chi connectivity index (χ0v) is 16.3. The second-order valence-corrected chi connectivity index (χ2v) is 7.12. The Hall–Kier alpha value is -3.32. The molecular formula is C22H17FN2O3S. The van der Waals surface area contributed by atoms with Crippen LogP contribution >= 0.6 is 11.8 Å². The van der Waals surface area contributed by atoms with Crippen LogP contribution in [0.25, 0.3) is 17.4 Å². The Bertz CT molecular complexity index is 1100. The number of benzene rings is 2. The van der Waals surface area contributed by atoms with Crippen LogP contribution in [0.1, 0.15) is 12.7 Å². The van der Waals surface area contributed by atoms with Crippen LogP contribution in [0.2, 0.25) is 0 Å². The van der Waals surface area contributed by atoms with Gasteiger partial charge >= 0.3 is 0 Å². The molecule has 0 aliphatic carbocycles. The Morgan fingerprint density at radius 1 is 1.14 bits per heavy atom. The average molecular weight is 408 g/mol. The number of nitrogens with one attached hydrogen (secondary N) is 1. The quantitative estimate of drug-likeness (QED) is 0.576. The molecule has 0 atom stereocenters. The minimum atomic E-state index is -0.336. The summed E-state index contributed by atoms with van der Waals surface area (Å²) in [5.74, 6) is 1.35. The third kappa shape index (κ3) is 4.41. The predicted octanol–water partition coefficient (Wildman–Crippen LogP) is 5.38. The van der Waals surface area contributed by atoms with Crippen molar-refractivity contribution in [2.45, 2.75) is 6.92 Å². The second-order valence-electron chi connectivity index (χ2n) is 6.09. The van der Waals surface area contributed by atoms with E-state index in [0.29, 0.717) is 33.9 Å². The Kier molecular flexibility index (Phi) is 5.48. The van der Waals surface area contributed by atoms with Crippen LogP contribution in [-0.2, 0) is 4.79 Å². The van der Waals surface area contributed by atoms with Gasteiger partial charge < -0.3 is 14.5 Å². The number of hydrogen-bond donors (Lipinski definition) is 1. The van der Waals surface area contributed by atoms with Gasteiger partial charge in [0.05, 0.1) is 22.8 Å². The van der Waals surface area contributed by atoms with Gasteiger partial charge in [0.1, 0.15) is 23.1 Å². The summed E-state index contributed by atoms with van der Waals surface area (Å²) in [5, 5.41) is 3.13. The molecule has 0 saturated carbocycles. The first-order chi connectivity index (χ1) is 14.1. The number of ether oxygens (including phenoxy) is 1. The molecule has 1 aliphatic rings. The van der Waals surface area contributed by atoms with Gasteiger partial charge in [0, 0.05) is 6.08 Å². The molecule has 1 N–H and O–H groups in total. The lowest BCUT2D eigenvalue weighted by atomic mass is 10.1. The maximum Gasteiger partial charge on any atom is 0.264 e. The van der Waals surface area contributed by atoms with Crippen LogP contribution in [-0.4, -0.2) is 17.7 Å². The van der Waals surface area contributed by atoms with Gasteiger partial charge in [0.15, 0.2) is 5.17 Å². The molecule has 3 aromatic rings. The number of carbonyl (C=O) groups is 1. The Balaban J connectivity index is 1.55. The van der Waals surface area contributed by atoms with E-state index in [0.717, 1.165) is 11.3 Å². The molecule has 2 heterocycles. The molecule has 0 unspecified atom stereocenters. The number of halogens is 1. The van der Waals surface area contributed by atoms with E-state index >= 15 is 0 Å². The monoisotopic (exact) mass is 408 g/mol. The molecule has 4 rings (SSSR count). The van der Waals surface area contributed by atoms with Crippen molar-refractivity contribution >= 4 is 34.6 Å². The second kappa shape index (κ2) is 8.36. The minimum absolute atomic E-state index is 0.261. The van der Waals surface area contributed by atoms with E-state index in [9.17, 15) is 9.18 Å². The standard InChI is InChI=1S/C22H17FN2O3S/c1-2-27-18-6-4-3-5-17(18)19-12-11-16(28-19)13-20-21(26)25-22(29-20)24-15-9-7-14(23)8-10-15/h3-13H,2H2,1H3,(H,24,25,26)/b20-13-. The molecule has 2 aromatic carbocycles. The van der Waals surface area contributed by atoms with E-state index in [1.54, 1.807) is 24.3 Å². The van der Waals surface area contributed by atoms with Crippen LogP contribution in [0.15, 0.2) is 75.0 Å². The van der Waals surface area contributed by atoms with E-state index < -0.39 is 0 Å². The highest BCUT2D eigenvalue weighted by Crippen LogP contribution is 2.33. The van der Waals surface area contributed by atoms with Crippen molar-refractivity contribution < 1.29 is 18.3 Å². The van der Waals surface area contributed by atoms with Crippen molar-refractivity contribution in [2.75, 3.05) is 6.61 Å². The summed E-state index contributed by atoms with van der Waals surface area (Å²) in [6.45, 7) is 2.48. The number of aliphatic imine (C=N–C) groups is 1. The normalized spacial score (nSPS) is 16.4. The van der Waals surface area contributed by atoms with Crippen molar-refractivity contribution in [1.82, 2.24) is 5.32 Å². The van der Waals surface area contributed by atoms with E-state index in [1.165, 1.54) is 23.9 Å². The minimum Gasteiger partial charge on any atom is -0.493 e. The highest BCUT2D eigenvalue weighted by atomic mass is 32.2. The highest BCUT2D eigenvalue weighted by molar-refractivity contribution is 8.18. The molecule has 0 radical (unpaired) electrons. The molecule has 5 nitrogen and oxygen atoms in total. The zero-order chi connectivity index (χ0) is 20.2. The smallest absolute Gasteiger partial charge is 0.264 e. The number of para-hydroxylation sites is 1. The fraction of sp³-hybridized carbons (Fsp3) is 0.0909. The van der Waals surface area contributed by atoms with Gasteiger partial charge in [-0.1, -0.05) is 12.1 Å². The topological polar surface area (TPSA) is 63.8 Å². The average Bonchev–Trinajstić information content (AvgIpc) is 3.31. The first kappa shape index (κ1) is 19.0. The summed E-state index contributed by atoms with van der Waals surface area (Å²) < 4.78 is 24.6. The van der Waals surface area contributed by atoms with Crippen molar-refractivity contribution in [3.8, 4) is 17.1 Å².